The van der Waals surface area contributed by atoms with Crippen LogP contribution in [0, 0.1) is 11.3 Å². The lowest BCUT2D eigenvalue weighted by Gasteiger charge is -2.09. The molecule has 5 nitrogen and oxygen atoms in total. The second kappa shape index (κ2) is 7.69. The number of phenols is 1. The average molecular weight is 348 g/mol. The number of aromatic hydroxyl groups is 1. The van der Waals surface area contributed by atoms with Crippen LogP contribution in [0.5, 0.6) is 5.75 Å². The molecular weight excluding hydrogens is 332 g/mol. The highest BCUT2D eigenvalue weighted by Gasteiger charge is 2.16. The van der Waals surface area contributed by atoms with Gasteiger partial charge in [0, 0.05) is 12.3 Å². The molecule has 0 amide bonds. The largest absolute Gasteiger partial charge is 0.507 e. The van der Waals surface area contributed by atoms with Crippen molar-refractivity contribution < 1.29 is 5.11 Å². The molecule has 0 unspecified atom stereocenters. The number of phenolic OH excluding ortho intramolecular Hbond substituents is 1. The fourth-order valence-electron chi connectivity index (χ4n) is 2.43. The van der Waals surface area contributed by atoms with Crippen LogP contribution in [-0.4, -0.2) is 19.9 Å². The van der Waals surface area contributed by atoms with Crippen molar-refractivity contribution in [1.82, 2.24) is 14.8 Å². The minimum Gasteiger partial charge on any atom is -0.507 e. The highest BCUT2D eigenvalue weighted by atomic mass is 32.2. The van der Waals surface area contributed by atoms with Crippen LogP contribution in [0.25, 0.3) is 11.4 Å². The number of aromatic nitrogens is 3. The van der Waals surface area contributed by atoms with Gasteiger partial charge in [0.05, 0.1) is 17.2 Å². The fraction of sp³-hybridized carbons (Fsp3) is 0.105. The van der Waals surface area contributed by atoms with Crippen molar-refractivity contribution in [3.8, 4) is 23.2 Å². The summed E-state index contributed by atoms with van der Waals surface area (Å²) in [6, 6.07) is 16.7. The number of nitriles is 1. The molecule has 0 fully saturated rings. The number of thioether (sulfide) groups is 1. The molecule has 0 bridgehead atoms. The number of hydrogen-bond donors (Lipinski definition) is 1. The molecule has 0 spiro atoms. The van der Waals surface area contributed by atoms with Crippen LogP contribution in [-0.2, 0) is 12.3 Å². The Labute approximate surface area is 150 Å². The molecular formula is C19H16N4OS. The first kappa shape index (κ1) is 16.8. The van der Waals surface area contributed by atoms with E-state index in [1.807, 2.05) is 34.9 Å². The Balaban J connectivity index is 1.88. The van der Waals surface area contributed by atoms with Gasteiger partial charge in [0.15, 0.2) is 11.0 Å². The van der Waals surface area contributed by atoms with Gasteiger partial charge in [0.25, 0.3) is 0 Å². The topological polar surface area (TPSA) is 74.7 Å². The van der Waals surface area contributed by atoms with Gasteiger partial charge < -0.3 is 5.11 Å². The minimum absolute atomic E-state index is 0.165. The standard InChI is InChI=1S/C19H16N4OS/c1-2-10-23-18(16-8-3-4-9-17(16)24)21-22-19(23)25-13-15-7-5-6-14(11-15)12-20/h2-9,11,24H,1,10,13H2. The third-order valence-corrected chi connectivity index (χ3v) is 4.64. The van der Waals surface area contributed by atoms with Gasteiger partial charge in [-0.25, -0.2) is 0 Å². The summed E-state index contributed by atoms with van der Waals surface area (Å²) in [7, 11) is 0. The van der Waals surface area contributed by atoms with E-state index in [2.05, 4.69) is 22.8 Å². The molecule has 124 valence electrons. The Kier molecular flexibility index (Phi) is 5.17. The van der Waals surface area contributed by atoms with Gasteiger partial charge >= 0.3 is 0 Å². The first-order chi connectivity index (χ1) is 12.2. The second-order valence-electron chi connectivity index (χ2n) is 5.32. The van der Waals surface area contributed by atoms with Crippen LogP contribution in [0.15, 0.2) is 66.3 Å². The Hall–Kier alpha value is -3.04. The molecule has 0 aliphatic carbocycles. The number of nitrogens with zero attached hydrogens (tertiary/aromatic N) is 4. The third kappa shape index (κ3) is 3.73. The maximum Gasteiger partial charge on any atom is 0.192 e. The summed E-state index contributed by atoms with van der Waals surface area (Å²) < 4.78 is 1.92. The lowest BCUT2D eigenvalue weighted by Crippen LogP contribution is -2.01. The van der Waals surface area contributed by atoms with E-state index in [1.54, 1.807) is 24.3 Å². The van der Waals surface area contributed by atoms with E-state index < -0.39 is 0 Å². The lowest BCUT2D eigenvalue weighted by atomic mass is 10.2. The molecule has 3 rings (SSSR count). The summed E-state index contributed by atoms with van der Waals surface area (Å²) in [5, 5.41) is 28.3. The summed E-state index contributed by atoms with van der Waals surface area (Å²) >= 11 is 1.53. The van der Waals surface area contributed by atoms with Crippen LogP contribution in [0.3, 0.4) is 0 Å². The molecule has 0 radical (unpaired) electrons. The highest BCUT2D eigenvalue weighted by molar-refractivity contribution is 7.98. The molecule has 1 aromatic heterocycles. The van der Waals surface area contributed by atoms with Gasteiger partial charge in [-0.3, -0.25) is 4.57 Å². The second-order valence-corrected chi connectivity index (χ2v) is 6.27. The van der Waals surface area contributed by atoms with Gasteiger partial charge in [-0.05, 0) is 29.8 Å². The maximum absolute atomic E-state index is 10.1. The quantitative estimate of drug-likeness (QED) is 0.538. The van der Waals surface area contributed by atoms with E-state index in [0.717, 1.165) is 10.7 Å². The highest BCUT2D eigenvalue weighted by Crippen LogP contribution is 2.31. The zero-order chi connectivity index (χ0) is 17.6. The summed E-state index contributed by atoms with van der Waals surface area (Å²) in [5.74, 6) is 1.44. The molecule has 0 aliphatic rings. The molecule has 0 atom stereocenters. The van der Waals surface area contributed by atoms with Crippen LogP contribution in [0.4, 0.5) is 0 Å². The molecule has 3 aromatic rings. The minimum atomic E-state index is 0.165. The summed E-state index contributed by atoms with van der Waals surface area (Å²) in [5.41, 5.74) is 2.32. The monoisotopic (exact) mass is 348 g/mol. The lowest BCUT2D eigenvalue weighted by molar-refractivity contribution is 0.476. The van der Waals surface area contributed by atoms with E-state index in [-0.39, 0.29) is 5.75 Å². The summed E-state index contributed by atoms with van der Waals surface area (Å²) in [6.07, 6.45) is 1.77. The van der Waals surface area contributed by atoms with E-state index in [4.69, 9.17) is 5.26 Å². The molecule has 6 heteroatoms. The zero-order valence-electron chi connectivity index (χ0n) is 13.5. The normalized spacial score (nSPS) is 10.4. The van der Waals surface area contributed by atoms with Crippen LogP contribution in [0.2, 0.25) is 0 Å². The van der Waals surface area contributed by atoms with Gasteiger partial charge in [-0.1, -0.05) is 42.1 Å². The van der Waals surface area contributed by atoms with Gasteiger partial charge in [0.1, 0.15) is 5.75 Å². The predicted molar refractivity (Wildman–Crippen MR) is 98.0 cm³/mol. The van der Waals surface area contributed by atoms with Crippen LogP contribution < -0.4 is 0 Å². The Morgan fingerprint density at radius 1 is 1.20 bits per heavy atom. The SMILES string of the molecule is C=CCn1c(SCc2cccc(C#N)c2)nnc1-c1ccccc1O. The number of benzene rings is 2. The zero-order valence-corrected chi connectivity index (χ0v) is 14.3. The molecule has 1 N–H and O–H groups in total. The van der Waals surface area contributed by atoms with Crippen molar-refractivity contribution in [2.24, 2.45) is 0 Å². The summed E-state index contributed by atoms with van der Waals surface area (Å²) in [6.45, 7) is 4.33. The van der Waals surface area contributed by atoms with Crippen molar-refractivity contribution in [1.29, 1.82) is 5.26 Å². The molecule has 1 heterocycles. The fourth-order valence-corrected chi connectivity index (χ4v) is 3.32. The molecule has 25 heavy (non-hydrogen) atoms. The van der Waals surface area contributed by atoms with Crippen molar-refractivity contribution in [2.45, 2.75) is 17.5 Å². The van der Waals surface area contributed by atoms with E-state index in [0.29, 0.717) is 29.2 Å². The molecule has 0 saturated carbocycles. The Morgan fingerprint density at radius 3 is 2.80 bits per heavy atom. The van der Waals surface area contributed by atoms with Gasteiger partial charge in [-0.2, -0.15) is 5.26 Å². The van der Waals surface area contributed by atoms with Crippen LogP contribution >= 0.6 is 11.8 Å². The van der Waals surface area contributed by atoms with Crippen LogP contribution in [0.1, 0.15) is 11.1 Å². The average Bonchev–Trinajstić information content (AvgIpc) is 3.03. The number of hydrogen-bond acceptors (Lipinski definition) is 5. The van der Waals surface area contributed by atoms with Crippen molar-refractivity contribution in [2.75, 3.05) is 0 Å². The van der Waals surface area contributed by atoms with Crippen molar-refractivity contribution >= 4 is 11.8 Å². The molecule has 0 saturated heterocycles. The summed E-state index contributed by atoms with van der Waals surface area (Å²) in [4.78, 5) is 0. The Morgan fingerprint density at radius 2 is 2.04 bits per heavy atom. The van der Waals surface area contributed by atoms with E-state index in [1.165, 1.54) is 11.8 Å². The third-order valence-electron chi connectivity index (χ3n) is 3.60. The van der Waals surface area contributed by atoms with Gasteiger partial charge in [0.2, 0.25) is 0 Å². The first-order valence-electron chi connectivity index (χ1n) is 7.67. The smallest absolute Gasteiger partial charge is 0.192 e. The predicted octanol–water partition coefficient (Wildman–Crippen LogP) is 4.00. The van der Waals surface area contributed by atoms with Crippen molar-refractivity contribution in [3.05, 3.63) is 72.3 Å². The molecule has 2 aromatic carbocycles. The van der Waals surface area contributed by atoms with Gasteiger partial charge in [-0.15, -0.1) is 16.8 Å². The van der Waals surface area contributed by atoms with E-state index in [9.17, 15) is 5.11 Å². The maximum atomic E-state index is 10.1. The first-order valence-corrected chi connectivity index (χ1v) is 8.66. The number of allylic oxidation sites excluding steroid dienone is 1. The molecule has 0 aliphatic heterocycles. The van der Waals surface area contributed by atoms with E-state index >= 15 is 0 Å². The Bertz CT molecular complexity index is 943. The van der Waals surface area contributed by atoms with Crippen molar-refractivity contribution in [3.63, 3.8) is 0 Å². The number of rotatable bonds is 6. The number of para-hydroxylation sites is 1.